The number of hydrogen-bond donors (Lipinski definition) is 2. The van der Waals surface area contributed by atoms with Gasteiger partial charge in [0, 0.05) is 45.1 Å². The average Bonchev–Trinajstić information content (AvgIpc) is 3.14. The van der Waals surface area contributed by atoms with Crippen molar-refractivity contribution in [2.45, 2.75) is 13.0 Å². The second-order valence-electron chi connectivity index (χ2n) is 5.63. The van der Waals surface area contributed by atoms with Crippen LogP contribution in [-0.4, -0.2) is 33.5 Å². The van der Waals surface area contributed by atoms with E-state index in [2.05, 4.69) is 20.6 Å². The molecular weight excluding hydrogens is 486 g/mol. The molecule has 3 aromatic heterocycles. The molecule has 0 saturated heterocycles. The van der Waals surface area contributed by atoms with Crippen LogP contribution in [0, 0.1) is 0 Å². The summed E-state index contributed by atoms with van der Waals surface area (Å²) in [5.74, 6) is 0.720. The lowest BCUT2D eigenvalue weighted by molar-refractivity contribution is 0.744. The van der Waals surface area contributed by atoms with E-state index >= 15 is 0 Å². The summed E-state index contributed by atoms with van der Waals surface area (Å²) in [5.41, 5.74) is 2.98. The van der Waals surface area contributed by atoms with E-state index in [0.29, 0.717) is 16.7 Å². The summed E-state index contributed by atoms with van der Waals surface area (Å²) in [5, 5.41) is 7.63. The molecule has 0 aliphatic carbocycles. The molecule has 6 nitrogen and oxygen atoms in total. The maximum Gasteiger partial charge on any atom is 0.191 e. The number of halogens is 3. The first-order chi connectivity index (χ1) is 12.1. The zero-order valence-electron chi connectivity index (χ0n) is 14.5. The van der Waals surface area contributed by atoms with Gasteiger partial charge in [-0.3, -0.25) is 4.99 Å². The number of imidazole rings is 1. The number of fused-ring (bicyclic) bond motifs is 1. The first-order valence-electron chi connectivity index (χ1n) is 7.95. The van der Waals surface area contributed by atoms with Gasteiger partial charge in [-0.25, -0.2) is 4.98 Å². The fourth-order valence-corrected chi connectivity index (χ4v) is 2.99. The minimum Gasteiger partial charge on any atom is -0.356 e. The van der Waals surface area contributed by atoms with Gasteiger partial charge in [0.2, 0.25) is 0 Å². The number of aromatic nitrogens is 3. The van der Waals surface area contributed by atoms with Crippen LogP contribution in [-0.2, 0) is 20.0 Å². The van der Waals surface area contributed by atoms with E-state index in [0.717, 1.165) is 36.0 Å². The Morgan fingerprint density at radius 1 is 1.27 bits per heavy atom. The first kappa shape index (κ1) is 20.9. The van der Waals surface area contributed by atoms with Gasteiger partial charge in [0.15, 0.2) is 5.96 Å². The highest BCUT2D eigenvalue weighted by atomic mass is 127. The third-order valence-electron chi connectivity index (χ3n) is 3.96. The van der Waals surface area contributed by atoms with E-state index in [-0.39, 0.29) is 24.0 Å². The van der Waals surface area contributed by atoms with Gasteiger partial charge < -0.3 is 19.6 Å². The largest absolute Gasteiger partial charge is 0.356 e. The van der Waals surface area contributed by atoms with Crippen LogP contribution in [0.15, 0.2) is 41.7 Å². The topological polar surface area (TPSA) is 58.6 Å². The smallest absolute Gasteiger partial charge is 0.191 e. The van der Waals surface area contributed by atoms with Crippen LogP contribution in [0.1, 0.15) is 11.4 Å². The first-order valence-corrected chi connectivity index (χ1v) is 8.71. The number of hydrogen-bond acceptors (Lipinski definition) is 2. The molecule has 3 aromatic rings. The Balaban J connectivity index is 0.00000243. The van der Waals surface area contributed by atoms with Crippen molar-refractivity contribution in [3.8, 4) is 0 Å². The van der Waals surface area contributed by atoms with Crippen molar-refractivity contribution in [1.29, 1.82) is 0 Å². The zero-order valence-corrected chi connectivity index (χ0v) is 18.4. The van der Waals surface area contributed by atoms with Crippen molar-refractivity contribution in [2.24, 2.45) is 12.0 Å². The van der Waals surface area contributed by atoms with E-state index in [9.17, 15) is 0 Å². The molecule has 0 fully saturated rings. The normalized spacial score (nSPS) is 11.5. The SMILES string of the molecule is CN=C(NCCc1cn2ccccc2n1)NCc1cc(Cl)c(Cl)n1C.I. The van der Waals surface area contributed by atoms with Crippen LogP contribution in [0.3, 0.4) is 0 Å². The van der Waals surface area contributed by atoms with Gasteiger partial charge in [-0.2, -0.15) is 0 Å². The number of nitrogens with one attached hydrogen (secondary N) is 2. The Labute approximate surface area is 179 Å². The quantitative estimate of drug-likeness (QED) is 0.316. The van der Waals surface area contributed by atoms with Crippen LogP contribution in [0.25, 0.3) is 5.65 Å². The average molecular weight is 507 g/mol. The number of pyridine rings is 1. The highest BCUT2D eigenvalue weighted by Gasteiger charge is 2.09. The van der Waals surface area contributed by atoms with Crippen LogP contribution >= 0.6 is 47.2 Å². The lowest BCUT2D eigenvalue weighted by Crippen LogP contribution is -2.38. The molecular formula is C17H21Cl2IN6. The minimum atomic E-state index is 0. The van der Waals surface area contributed by atoms with Crippen molar-refractivity contribution in [3.63, 3.8) is 0 Å². The van der Waals surface area contributed by atoms with E-state index in [1.54, 1.807) is 7.05 Å². The summed E-state index contributed by atoms with van der Waals surface area (Å²) in [6.07, 6.45) is 4.85. The van der Waals surface area contributed by atoms with E-state index < -0.39 is 0 Å². The molecule has 0 aliphatic heterocycles. The van der Waals surface area contributed by atoms with Crippen LogP contribution in [0.2, 0.25) is 10.2 Å². The van der Waals surface area contributed by atoms with Gasteiger partial charge in [0.1, 0.15) is 10.8 Å². The maximum absolute atomic E-state index is 6.08. The van der Waals surface area contributed by atoms with E-state index in [1.165, 1.54) is 0 Å². The molecule has 3 heterocycles. The van der Waals surface area contributed by atoms with Gasteiger partial charge >= 0.3 is 0 Å². The highest BCUT2D eigenvalue weighted by molar-refractivity contribution is 14.0. The molecule has 26 heavy (non-hydrogen) atoms. The Morgan fingerprint density at radius 2 is 2.08 bits per heavy atom. The molecule has 3 rings (SSSR count). The van der Waals surface area contributed by atoms with Crippen molar-refractivity contribution in [2.75, 3.05) is 13.6 Å². The van der Waals surface area contributed by atoms with Crippen LogP contribution in [0.5, 0.6) is 0 Å². The summed E-state index contributed by atoms with van der Waals surface area (Å²) in [7, 11) is 3.62. The molecule has 0 bridgehead atoms. The minimum absolute atomic E-state index is 0. The summed E-state index contributed by atoms with van der Waals surface area (Å²) >= 11 is 12.1. The molecule has 0 atom stereocenters. The standard InChI is InChI=1S/C17H20Cl2N6.HI/c1-20-17(22-10-13-9-14(18)16(19)24(13)2)21-7-6-12-11-25-8-4-3-5-15(25)23-12;/h3-5,8-9,11H,6-7,10H2,1-2H3,(H2,20,21,22);1H. The van der Waals surface area contributed by atoms with Gasteiger partial charge in [-0.1, -0.05) is 29.3 Å². The van der Waals surface area contributed by atoms with Gasteiger partial charge in [-0.05, 0) is 18.2 Å². The second kappa shape index (κ2) is 9.48. The predicted molar refractivity (Wildman–Crippen MR) is 118 cm³/mol. The van der Waals surface area contributed by atoms with Crippen LogP contribution < -0.4 is 10.6 Å². The third-order valence-corrected chi connectivity index (χ3v) is 4.81. The van der Waals surface area contributed by atoms with Crippen molar-refractivity contribution in [1.82, 2.24) is 24.6 Å². The molecule has 0 saturated carbocycles. The maximum atomic E-state index is 6.08. The van der Waals surface area contributed by atoms with E-state index in [1.807, 2.05) is 52.7 Å². The van der Waals surface area contributed by atoms with Crippen molar-refractivity contribution >= 4 is 58.8 Å². The highest BCUT2D eigenvalue weighted by Crippen LogP contribution is 2.24. The van der Waals surface area contributed by atoms with Crippen LogP contribution in [0.4, 0.5) is 0 Å². The Bertz CT molecular complexity index is 869. The lowest BCUT2D eigenvalue weighted by Gasteiger charge is -2.12. The summed E-state index contributed by atoms with van der Waals surface area (Å²) < 4.78 is 3.87. The van der Waals surface area contributed by atoms with Gasteiger partial charge in [-0.15, -0.1) is 24.0 Å². The number of aliphatic imine (C=N–C) groups is 1. The molecule has 140 valence electrons. The summed E-state index contributed by atoms with van der Waals surface area (Å²) in [4.78, 5) is 8.81. The summed E-state index contributed by atoms with van der Waals surface area (Å²) in [6, 6.07) is 7.82. The second-order valence-corrected chi connectivity index (χ2v) is 6.40. The number of guanidine groups is 1. The van der Waals surface area contributed by atoms with Gasteiger partial charge in [0.25, 0.3) is 0 Å². The molecule has 2 N–H and O–H groups in total. The van der Waals surface area contributed by atoms with Crippen molar-refractivity contribution in [3.05, 3.63) is 58.2 Å². The van der Waals surface area contributed by atoms with Gasteiger partial charge in [0.05, 0.1) is 17.3 Å². The number of rotatable bonds is 5. The molecule has 0 aliphatic rings. The Morgan fingerprint density at radius 3 is 2.73 bits per heavy atom. The lowest BCUT2D eigenvalue weighted by atomic mass is 10.3. The monoisotopic (exact) mass is 506 g/mol. The van der Waals surface area contributed by atoms with E-state index in [4.69, 9.17) is 23.2 Å². The molecule has 0 unspecified atom stereocenters. The molecule has 0 amide bonds. The molecule has 0 spiro atoms. The molecule has 9 heteroatoms. The number of nitrogens with zero attached hydrogens (tertiary/aromatic N) is 4. The Kier molecular flexibility index (Phi) is 7.60. The fraction of sp³-hybridized carbons (Fsp3) is 0.294. The fourth-order valence-electron chi connectivity index (χ4n) is 2.57. The predicted octanol–water partition coefficient (Wildman–Crippen LogP) is 3.51. The van der Waals surface area contributed by atoms with Crippen molar-refractivity contribution < 1.29 is 0 Å². The third kappa shape index (κ3) is 4.83. The Hall–Kier alpha value is -1.45. The molecule has 0 aromatic carbocycles. The zero-order chi connectivity index (χ0) is 17.8. The summed E-state index contributed by atoms with van der Waals surface area (Å²) in [6.45, 7) is 1.31. The molecule has 0 radical (unpaired) electrons.